The fourth-order valence-corrected chi connectivity index (χ4v) is 11.3. The van der Waals surface area contributed by atoms with E-state index in [1.807, 2.05) is 18.2 Å². The van der Waals surface area contributed by atoms with Gasteiger partial charge in [0.2, 0.25) is 0 Å². The summed E-state index contributed by atoms with van der Waals surface area (Å²) < 4.78 is 12.6. The van der Waals surface area contributed by atoms with Crippen LogP contribution in [0.1, 0.15) is 52.7 Å². The number of fused-ring (bicyclic) bond motifs is 5. The van der Waals surface area contributed by atoms with E-state index in [4.69, 9.17) is 9.72 Å². The zero-order chi connectivity index (χ0) is 43.7. The van der Waals surface area contributed by atoms with E-state index >= 15 is 0 Å². The van der Waals surface area contributed by atoms with Crippen molar-refractivity contribution in [2.75, 3.05) is 9.80 Å². The molecule has 0 fully saturated rings. The summed E-state index contributed by atoms with van der Waals surface area (Å²) in [5.41, 5.74) is 13.4. The smallest absolute Gasteiger partial charge is 0.0622 e. The van der Waals surface area contributed by atoms with E-state index in [0.29, 0.717) is 11.5 Å². The van der Waals surface area contributed by atoms with Crippen LogP contribution in [0.4, 0.5) is 22.7 Å². The van der Waals surface area contributed by atoms with Crippen molar-refractivity contribution in [2.24, 2.45) is 0 Å². The summed E-state index contributed by atoms with van der Waals surface area (Å²) in [6, 6.07) is 65.6. The third-order valence-electron chi connectivity index (χ3n) is 12.3. The van der Waals surface area contributed by atoms with Gasteiger partial charge in [0.15, 0.2) is 0 Å². The molecule has 0 spiro atoms. The predicted molar refractivity (Wildman–Crippen MR) is 267 cm³/mol. The molecule has 4 heterocycles. The van der Waals surface area contributed by atoms with E-state index in [-0.39, 0.29) is 31.9 Å². The SMILES string of the molecule is CC(C)(C)c1cc(-c2ccccc2)c(N2[CH-]N(c3[c-]c(Oc4[c-]c5c(cc4)c4ccccc4n5-c4cc(C(C)(C)C)c5cc[te]c5n4)ccc3)c3ccccc32)c(-c2ccccc2)c1.[Pt]. The van der Waals surface area contributed by atoms with Gasteiger partial charge in [0, 0.05) is 49.3 Å². The van der Waals surface area contributed by atoms with Crippen LogP contribution in [-0.2, 0) is 31.9 Å². The van der Waals surface area contributed by atoms with Crippen molar-refractivity contribution < 1.29 is 25.8 Å². The third kappa shape index (κ3) is 7.80. The van der Waals surface area contributed by atoms with Gasteiger partial charge < -0.3 is 4.90 Å². The molecule has 0 atom stereocenters. The minimum atomic E-state index is -0.495. The van der Waals surface area contributed by atoms with Crippen molar-refractivity contribution in [3.8, 4) is 39.6 Å². The quantitative estimate of drug-likeness (QED) is 0.118. The minimum absolute atomic E-state index is 0. The van der Waals surface area contributed by atoms with Gasteiger partial charge >= 0.3 is 208 Å². The number of hydrogen-bond acceptors (Lipinski definition) is 4. The Morgan fingerprint density at radius 3 is 1.88 bits per heavy atom. The van der Waals surface area contributed by atoms with E-state index in [1.54, 1.807) is 0 Å². The monoisotopic (exact) mass is 1140 g/mol. The molecule has 5 nitrogen and oxygen atoms in total. The van der Waals surface area contributed by atoms with Crippen LogP contribution in [0.5, 0.6) is 11.5 Å². The predicted octanol–water partition coefficient (Wildman–Crippen LogP) is 15.1. The van der Waals surface area contributed by atoms with Gasteiger partial charge in [0.1, 0.15) is 0 Å². The maximum absolute atomic E-state index is 6.72. The second kappa shape index (κ2) is 16.8. The number of pyridine rings is 1. The van der Waals surface area contributed by atoms with Crippen molar-refractivity contribution in [3.05, 3.63) is 198 Å². The van der Waals surface area contributed by atoms with Crippen LogP contribution in [0.3, 0.4) is 0 Å². The molecule has 10 aromatic rings. The Hall–Kier alpha value is -5.89. The van der Waals surface area contributed by atoms with E-state index < -0.39 is 20.4 Å². The molecule has 0 N–H and O–H groups in total. The Labute approximate surface area is 405 Å². The topological polar surface area (TPSA) is 33.5 Å². The van der Waals surface area contributed by atoms with Crippen molar-refractivity contribution >= 4 is 73.9 Å². The van der Waals surface area contributed by atoms with E-state index in [9.17, 15) is 0 Å². The molecule has 11 rings (SSSR count). The van der Waals surface area contributed by atoms with Gasteiger partial charge in [-0.1, -0.05) is 93.6 Å². The summed E-state index contributed by atoms with van der Waals surface area (Å²) in [6.07, 6.45) is 0. The van der Waals surface area contributed by atoms with Gasteiger partial charge in [0.25, 0.3) is 0 Å². The number of aromatic nitrogens is 2. The molecule has 0 radical (unpaired) electrons. The first kappa shape index (κ1) is 43.0. The maximum atomic E-state index is 6.72. The fraction of sp³-hybridized carbons (Fsp3) is 0.138. The molecular formula is C58H47N4OPtTe-3. The summed E-state index contributed by atoms with van der Waals surface area (Å²) in [6.45, 7) is 15.9. The molecule has 0 saturated carbocycles. The molecule has 0 unspecified atom stereocenters. The Morgan fingerprint density at radius 1 is 0.569 bits per heavy atom. The first-order chi connectivity index (χ1) is 31.0. The molecule has 0 aliphatic carbocycles. The van der Waals surface area contributed by atoms with Crippen LogP contribution >= 0.6 is 0 Å². The second-order valence-corrected chi connectivity index (χ2v) is 21.2. The van der Waals surface area contributed by atoms with Crippen molar-refractivity contribution in [1.82, 2.24) is 9.55 Å². The number of benzene rings is 7. The molecule has 324 valence electrons. The summed E-state index contributed by atoms with van der Waals surface area (Å²) in [5, 5.41) is 3.57. The number of hydrogen-bond donors (Lipinski definition) is 0. The van der Waals surface area contributed by atoms with Crippen LogP contribution in [0.2, 0.25) is 0 Å². The molecule has 0 bridgehead atoms. The standard InChI is InChI=1S/C58H47N4OTe.Pt/c1-57(2,3)40-32-47(38-18-9-7-10-19-38)55(48(33-40)39-20-11-8-12-21-39)61-37-60(51-26-15-16-27-52(51)61)41-22-17-23-42(34-41)63-43-28-29-45-44-24-13-14-25-50(44)62(53(45)35-43)54-36-49(58(4,5)6)46-30-31-64-56(46)59-54;/h7-33,36-37H,1-6H3;/q-3;. The third-order valence-corrected chi connectivity index (χ3v) is 14.6. The number of ether oxygens (including phenoxy) is 1. The average molecular weight is 1140 g/mol. The molecular weight excluding hydrogens is 1090 g/mol. The van der Waals surface area contributed by atoms with Gasteiger partial charge in [0.05, 0.1) is 0 Å². The van der Waals surface area contributed by atoms with E-state index in [0.717, 1.165) is 50.4 Å². The summed E-state index contributed by atoms with van der Waals surface area (Å²) in [7, 11) is 0. The van der Waals surface area contributed by atoms with Crippen molar-refractivity contribution in [3.63, 3.8) is 0 Å². The zero-order valence-corrected chi connectivity index (χ0v) is 41.8. The average Bonchev–Trinajstić information content (AvgIpc) is 4.03. The molecule has 0 saturated heterocycles. The van der Waals surface area contributed by atoms with Crippen LogP contribution in [0.15, 0.2) is 168 Å². The van der Waals surface area contributed by atoms with Gasteiger partial charge in [-0.25, -0.2) is 0 Å². The van der Waals surface area contributed by atoms with Gasteiger partial charge in [-0.2, -0.15) is 0 Å². The molecule has 0 amide bonds. The minimum Gasteiger partial charge on any atom is -0.0622 e. The van der Waals surface area contributed by atoms with Gasteiger partial charge in [-0.15, -0.1) is 6.67 Å². The molecule has 65 heavy (non-hydrogen) atoms. The van der Waals surface area contributed by atoms with Crippen LogP contribution in [-0.4, -0.2) is 30.0 Å². The van der Waals surface area contributed by atoms with Crippen molar-refractivity contribution in [1.29, 1.82) is 0 Å². The summed E-state index contributed by atoms with van der Waals surface area (Å²) >= 11 is -0.495. The first-order valence-corrected chi connectivity index (χ1v) is 24.4. The van der Waals surface area contributed by atoms with Crippen LogP contribution in [0.25, 0.3) is 58.8 Å². The first-order valence-electron chi connectivity index (χ1n) is 21.9. The van der Waals surface area contributed by atoms with E-state index in [2.05, 4.69) is 224 Å². The molecule has 7 aromatic carbocycles. The molecule has 7 heteroatoms. The van der Waals surface area contributed by atoms with Crippen LogP contribution < -0.4 is 14.5 Å². The van der Waals surface area contributed by atoms with Crippen molar-refractivity contribution in [2.45, 2.75) is 52.4 Å². The second-order valence-electron chi connectivity index (χ2n) is 18.6. The number of anilines is 4. The van der Waals surface area contributed by atoms with Gasteiger partial charge in [-0.05, 0) is 46.4 Å². The Bertz CT molecular complexity index is 3320. The fourth-order valence-electron chi connectivity index (χ4n) is 9.08. The normalized spacial score (nSPS) is 12.8. The number of rotatable bonds is 7. The Balaban J connectivity index is 0.00000498. The van der Waals surface area contributed by atoms with E-state index in [1.165, 1.54) is 42.3 Å². The molecule has 3 aromatic heterocycles. The Morgan fingerprint density at radius 2 is 1.20 bits per heavy atom. The molecule has 1 aliphatic rings. The summed E-state index contributed by atoms with van der Waals surface area (Å²) in [4.78, 5) is 9.90. The number of nitrogens with zero attached hydrogens (tertiary/aromatic N) is 4. The Kier molecular flexibility index (Phi) is 11.1. The van der Waals surface area contributed by atoms with Gasteiger partial charge in [-0.3, -0.25) is 0 Å². The van der Waals surface area contributed by atoms with Crippen LogP contribution in [0, 0.1) is 18.8 Å². The number of para-hydroxylation sites is 3. The molecule has 1 aliphatic heterocycles. The summed E-state index contributed by atoms with van der Waals surface area (Å²) in [5.74, 6) is 2.15. The zero-order valence-electron chi connectivity index (χ0n) is 37.2.